The van der Waals surface area contributed by atoms with Crippen LogP contribution in [0, 0.1) is 16.0 Å². The number of hydrogen-bond donors (Lipinski definition) is 0. The van der Waals surface area contributed by atoms with Crippen LogP contribution in [0.1, 0.15) is 15.9 Å². The topological polar surface area (TPSA) is 128 Å². The molecule has 2 aromatic carbocycles. The standard InChI is InChI=1S/C19H13N3O7/c1-28-19(25)12-7-2-3-8-13(12)21-17(23)14-15(20-29-16(14)18(21)24)10-5-4-6-11(9-10)22(26)27/h2-9,14,16H,1H3/t14-,16-/m1/s1. The Bertz CT molecular complexity index is 1090. The molecule has 1 fully saturated rings. The number of nitro groups is 1. The molecule has 0 radical (unpaired) electrons. The summed E-state index contributed by atoms with van der Waals surface area (Å²) in [5, 5.41) is 14.9. The molecular weight excluding hydrogens is 382 g/mol. The van der Waals surface area contributed by atoms with Crippen LogP contribution in [0.2, 0.25) is 0 Å². The zero-order chi connectivity index (χ0) is 20.7. The van der Waals surface area contributed by atoms with Crippen molar-refractivity contribution in [1.82, 2.24) is 0 Å². The van der Waals surface area contributed by atoms with E-state index < -0.39 is 34.7 Å². The zero-order valence-corrected chi connectivity index (χ0v) is 15.0. The number of oxime groups is 1. The number of carbonyl (C=O) groups excluding carboxylic acids is 3. The third-order valence-electron chi connectivity index (χ3n) is 4.72. The molecule has 2 heterocycles. The SMILES string of the molecule is COC(=O)c1ccccc1N1C(=O)[C@@H]2C(c3cccc([N+](=O)[O-])c3)=NO[C@H]2C1=O. The number of nitrogens with zero attached hydrogens (tertiary/aromatic N) is 3. The number of carbonyl (C=O) groups is 3. The summed E-state index contributed by atoms with van der Waals surface area (Å²) < 4.78 is 4.72. The fourth-order valence-corrected chi connectivity index (χ4v) is 3.38. The van der Waals surface area contributed by atoms with Gasteiger partial charge in [-0.05, 0) is 12.1 Å². The molecule has 29 heavy (non-hydrogen) atoms. The van der Waals surface area contributed by atoms with Gasteiger partial charge in [0.15, 0.2) is 0 Å². The van der Waals surface area contributed by atoms with E-state index in [0.29, 0.717) is 5.56 Å². The highest BCUT2D eigenvalue weighted by molar-refractivity contribution is 6.33. The third kappa shape index (κ3) is 2.81. The van der Waals surface area contributed by atoms with Crippen molar-refractivity contribution in [2.75, 3.05) is 12.0 Å². The van der Waals surface area contributed by atoms with E-state index in [0.717, 1.165) is 4.90 Å². The molecule has 2 atom stereocenters. The Morgan fingerprint density at radius 1 is 1.17 bits per heavy atom. The maximum atomic E-state index is 13.1. The number of ether oxygens (including phenoxy) is 1. The van der Waals surface area contributed by atoms with Crippen molar-refractivity contribution in [3.05, 3.63) is 69.8 Å². The summed E-state index contributed by atoms with van der Waals surface area (Å²) in [5.74, 6) is -3.10. The van der Waals surface area contributed by atoms with Crippen LogP contribution in [0.4, 0.5) is 11.4 Å². The van der Waals surface area contributed by atoms with E-state index in [9.17, 15) is 24.5 Å². The normalized spacial score (nSPS) is 20.2. The van der Waals surface area contributed by atoms with E-state index in [-0.39, 0.29) is 22.6 Å². The van der Waals surface area contributed by atoms with E-state index in [2.05, 4.69) is 5.16 Å². The number of methoxy groups -OCH3 is 1. The number of non-ortho nitro benzene ring substituents is 1. The largest absolute Gasteiger partial charge is 0.465 e. The van der Waals surface area contributed by atoms with Crippen molar-refractivity contribution in [3.8, 4) is 0 Å². The van der Waals surface area contributed by atoms with Gasteiger partial charge in [-0.2, -0.15) is 0 Å². The van der Waals surface area contributed by atoms with E-state index in [1.54, 1.807) is 18.2 Å². The Labute approximate surface area is 163 Å². The van der Waals surface area contributed by atoms with Gasteiger partial charge in [-0.1, -0.05) is 29.4 Å². The second-order valence-corrected chi connectivity index (χ2v) is 6.31. The smallest absolute Gasteiger partial charge is 0.339 e. The lowest BCUT2D eigenvalue weighted by Gasteiger charge is -2.18. The molecule has 146 valence electrons. The Balaban J connectivity index is 1.73. The quantitative estimate of drug-likeness (QED) is 0.333. The predicted octanol–water partition coefficient (Wildman–Crippen LogP) is 1.67. The Hall–Kier alpha value is -4.08. The molecule has 0 saturated carbocycles. The number of amides is 2. The number of nitro benzene ring substituents is 1. The van der Waals surface area contributed by atoms with Crippen molar-refractivity contribution in [2.45, 2.75) is 6.10 Å². The lowest BCUT2D eigenvalue weighted by Crippen LogP contribution is -2.34. The van der Waals surface area contributed by atoms with Gasteiger partial charge < -0.3 is 9.57 Å². The fraction of sp³-hybridized carbons (Fsp3) is 0.158. The van der Waals surface area contributed by atoms with E-state index in [1.165, 1.54) is 37.4 Å². The first-order valence-electron chi connectivity index (χ1n) is 8.47. The number of imide groups is 1. The molecule has 2 aliphatic rings. The molecule has 0 aliphatic carbocycles. The number of fused-ring (bicyclic) bond motifs is 1. The molecule has 0 spiro atoms. The van der Waals surface area contributed by atoms with Gasteiger partial charge in [-0.15, -0.1) is 0 Å². The highest BCUT2D eigenvalue weighted by Crippen LogP contribution is 2.37. The molecule has 10 heteroatoms. The van der Waals surface area contributed by atoms with Gasteiger partial charge in [0, 0.05) is 17.7 Å². The number of hydrogen-bond acceptors (Lipinski definition) is 8. The van der Waals surface area contributed by atoms with Gasteiger partial charge >= 0.3 is 5.97 Å². The second kappa shape index (κ2) is 6.82. The van der Waals surface area contributed by atoms with Crippen molar-refractivity contribution in [1.29, 1.82) is 0 Å². The minimum Gasteiger partial charge on any atom is -0.465 e. The summed E-state index contributed by atoms with van der Waals surface area (Å²) >= 11 is 0. The summed E-state index contributed by atoms with van der Waals surface area (Å²) in [4.78, 5) is 54.6. The molecule has 2 amide bonds. The number of esters is 1. The van der Waals surface area contributed by atoms with Crippen LogP contribution < -0.4 is 4.90 Å². The maximum absolute atomic E-state index is 13.1. The van der Waals surface area contributed by atoms with Crippen molar-refractivity contribution >= 4 is 34.9 Å². The molecule has 0 bridgehead atoms. The maximum Gasteiger partial charge on any atom is 0.339 e. The monoisotopic (exact) mass is 395 g/mol. The fourth-order valence-electron chi connectivity index (χ4n) is 3.38. The summed E-state index contributed by atoms with van der Waals surface area (Å²) in [7, 11) is 1.19. The van der Waals surface area contributed by atoms with E-state index >= 15 is 0 Å². The van der Waals surface area contributed by atoms with Crippen LogP contribution in [0.25, 0.3) is 0 Å². The number of para-hydroxylation sites is 1. The first-order chi connectivity index (χ1) is 13.9. The molecule has 0 aromatic heterocycles. The van der Waals surface area contributed by atoms with Crippen LogP contribution in [-0.4, -0.2) is 41.6 Å². The van der Waals surface area contributed by atoms with Gasteiger partial charge in [0.05, 0.1) is 23.3 Å². The minimum absolute atomic E-state index is 0.0468. The average molecular weight is 395 g/mol. The lowest BCUT2D eigenvalue weighted by molar-refractivity contribution is -0.384. The molecule has 2 aromatic rings. The summed E-state index contributed by atoms with van der Waals surface area (Å²) in [5.41, 5.74) is 0.362. The summed E-state index contributed by atoms with van der Waals surface area (Å²) in [6, 6.07) is 11.6. The highest BCUT2D eigenvalue weighted by atomic mass is 16.7. The van der Waals surface area contributed by atoms with E-state index in [4.69, 9.17) is 9.57 Å². The van der Waals surface area contributed by atoms with Crippen LogP contribution in [0.5, 0.6) is 0 Å². The van der Waals surface area contributed by atoms with Gasteiger partial charge in [0.1, 0.15) is 11.6 Å². The highest BCUT2D eigenvalue weighted by Gasteiger charge is 2.56. The Morgan fingerprint density at radius 3 is 2.66 bits per heavy atom. The summed E-state index contributed by atoms with van der Waals surface area (Å²) in [6.45, 7) is 0. The molecule has 10 nitrogen and oxygen atoms in total. The first-order valence-corrected chi connectivity index (χ1v) is 8.47. The van der Waals surface area contributed by atoms with Gasteiger partial charge in [-0.25, -0.2) is 9.69 Å². The van der Waals surface area contributed by atoms with Crippen molar-refractivity contribution < 1.29 is 28.9 Å². The first kappa shape index (κ1) is 18.3. The van der Waals surface area contributed by atoms with E-state index in [1.807, 2.05) is 0 Å². The van der Waals surface area contributed by atoms with Crippen LogP contribution in [-0.2, 0) is 19.2 Å². The summed E-state index contributed by atoms with van der Waals surface area (Å²) in [6.07, 6.45) is -1.21. The number of benzene rings is 2. The second-order valence-electron chi connectivity index (χ2n) is 6.31. The lowest BCUT2D eigenvalue weighted by atomic mass is 9.94. The Morgan fingerprint density at radius 2 is 1.93 bits per heavy atom. The zero-order valence-electron chi connectivity index (χ0n) is 15.0. The van der Waals surface area contributed by atoms with Crippen molar-refractivity contribution in [2.24, 2.45) is 11.1 Å². The molecule has 0 N–H and O–H groups in total. The molecule has 0 unspecified atom stereocenters. The van der Waals surface area contributed by atoms with Gasteiger partial charge in [-0.3, -0.25) is 19.7 Å². The molecule has 1 saturated heterocycles. The Kier molecular flexibility index (Phi) is 4.30. The van der Waals surface area contributed by atoms with Gasteiger partial charge in [0.2, 0.25) is 12.0 Å². The molecular formula is C19H13N3O7. The molecule has 4 rings (SSSR count). The number of rotatable bonds is 4. The van der Waals surface area contributed by atoms with Crippen LogP contribution >= 0.6 is 0 Å². The van der Waals surface area contributed by atoms with Crippen molar-refractivity contribution in [3.63, 3.8) is 0 Å². The van der Waals surface area contributed by atoms with Gasteiger partial charge in [0.25, 0.3) is 11.6 Å². The van der Waals surface area contributed by atoms with Crippen LogP contribution in [0.3, 0.4) is 0 Å². The predicted molar refractivity (Wildman–Crippen MR) is 98.3 cm³/mol. The molecule has 2 aliphatic heterocycles. The third-order valence-corrected chi connectivity index (χ3v) is 4.72. The van der Waals surface area contributed by atoms with Crippen LogP contribution in [0.15, 0.2) is 53.7 Å². The number of anilines is 1. The average Bonchev–Trinajstić information content (AvgIpc) is 3.28. The minimum atomic E-state index is -1.21.